The van der Waals surface area contributed by atoms with Gasteiger partial charge in [-0.25, -0.2) is 4.98 Å². The summed E-state index contributed by atoms with van der Waals surface area (Å²) < 4.78 is 4.90. The van der Waals surface area contributed by atoms with E-state index in [4.69, 9.17) is 10.00 Å². The Kier molecular flexibility index (Phi) is 3.82. The largest absolute Gasteiger partial charge is 0.504 e. The topological polar surface area (TPSA) is 95.2 Å². The van der Waals surface area contributed by atoms with Crippen LogP contribution in [0.1, 0.15) is 15.9 Å². The van der Waals surface area contributed by atoms with Crippen molar-refractivity contribution in [1.29, 1.82) is 5.26 Å². The molecule has 2 aromatic rings. The average Bonchev–Trinajstić information content (AvgIpc) is 2.48. The van der Waals surface area contributed by atoms with E-state index in [0.29, 0.717) is 11.4 Å². The van der Waals surface area contributed by atoms with Crippen molar-refractivity contribution in [1.82, 2.24) is 4.98 Å². The first-order valence-corrected chi connectivity index (χ1v) is 5.68. The summed E-state index contributed by atoms with van der Waals surface area (Å²) in [6, 6.07) is 9.34. The number of hydrogen-bond acceptors (Lipinski definition) is 5. The van der Waals surface area contributed by atoms with E-state index in [2.05, 4.69) is 10.3 Å². The van der Waals surface area contributed by atoms with Crippen LogP contribution in [0.15, 0.2) is 36.5 Å². The van der Waals surface area contributed by atoms with Gasteiger partial charge in [-0.3, -0.25) is 4.79 Å². The minimum Gasteiger partial charge on any atom is -0.504 e. The third kappa shape index (κ3) is 2.84. The molecule has 100 valence electrons. The Bertz CT molecular complexity index is 675. The van der Waals surface area contributed by atoms with Gasteiger partial charge in [0.05, 0.1) is 12.7 Å². The number of nitriles is 1. The van der Waals surface area contributed by atoms with Gasteiger partial charge in [0.15, 0.2) is 11.5 Å². The Balaban J connectivity index is 2.15. The Labute approximate surface area is 115 Å². The highest BCUT2D eigenvalue weighted by Gasteiger charge is 2.10. The van der Waals surface area contributed by atoms with Crippen LogP contribution in [0, 0.1) is 11.3 Å². The summed E-state index contributed by atoms with van der Waals surface area (Å²) in [5.41, 5.74) is 0.680. The van der Waals surface area contributed by atoms with Crippen LogP contribution in [0.2, 0.25) is 0 Å². The quantitative estimate of drug-likeness (QED) is 0.887. The molecule has 6 heteroatoms. The summed E-state index contributed by atoms with van der Waals surface area (Å²) in [4.78, 5) is 15.9. The molecule has 0 fully saturated rings. The predicted molar refractivity (Wildman–Crippen MR) is 71.6 cm³/mol. The molecule has 20 heavy (non-hydrogen) atoms. The molecule has 0 aliphatic carbocycles. The number of phenols is 1. The monoisotopic (exact) mass is 269 g/mol. The highest BCUT2D eigenvalue weighted by Crippen LogP contribution is 2.26. The maximum absolute atomic E-state index is 12.0. The fraction of sp³-hybridized carbons (Fsp3) is 0.0714. The molecule has 2 N–H and O–H groups in total. The number of carbonyl (C=O) groups is 1. The van der Waals surface area contributed by atoms with E-state index in [1.165, 1.54) is 37.6 Å². The molecule has 1 heterocycles. The highest BCUT2D eigenvalue weighted by atomic mass is 16.5. The molecule has 0 radical (unpaired) electrons. The first-order valence-electron chi connectivity index (χ1n) is 5.68. The molecule has 0 saturated carbocycles. The molecule has 0 spiro atoms. The predicted octanol–water partition coefficient (Wildman–Crippen LogP) is 1.92. The molecule has 0 unspecified atom stereocenters. The summed E-state index contributed by atoms with van der Waals surface area (Å²) in [6.07, 6.45) is 1.36. The standard InChI is InChI=1S/C14H11N3O3/c1-20-12-4-3-10(6-11(12)18)14(19)17-13-5-2-9(7-15)8-16-13/h2-6,8,18H,1H3,(H,16,17,19). The van der Waals surface area contributed by atoms with E-state index < -0.39 is 5.91 Å². The number of pyridine rings is 1. The van der Waals surface area contributed by atoms with E-state index in [0.717, 1.165) is 0 Å². The number of anilines is 1. The fourth-order valence-electron chi connectivity index (χ4n) is 1.55. The SMILES string of the molecule is COc1ccc(C(=O)Nc2ccc(C#N)cn2)cc1O. The highest BCUT2D eigenvalue weighted by molar-refractivity contribution is 6.04. The number of aromatic nitrogens is 1. The van der Waals surface area contributed by atoms with Gasteiger partial charge in [-0.15, -0.1) is 0 Å². The second kappa shape index (κ2) is 5.71. The summed E-state index contributed by atoms with van der Waals surface area (Å²) in [7, 11) is 1.43. The zero-order valence-corrected chi connectivity index (χ0v) is 10.6. The van der Waals surface area contributed by atoms with Crippen LogP contribution < -0.4 is 10.1 Å². The molecule has 2 rings (SSSR count). The number of carbonyl (C=O) groups excluding carboxylic acids is 1. The van der Waals surface area contributed by atoms with Gasteiger partial charge in [-0.05, 0) is 30.3 Å². The second-order valence-corrected chi connectivity index (χ2v) is 3.88. The number of nitrogens with one attached hydrogen (secondary N) is 1. The van der Waals surface area contributed by atoms with Crippen molar-refractivity contribution in [3.05, 3.63) is 47.7 Å². The summed E-state index contributed by atoms with van der Waals surface area (Å²) in [6.45, 7) is 0. The maximum Gasteiger partial charge on any atom is 0.256 e. The van der Waals surface area contributed by atoms with Gasteiger partial charge in [0.2, 0.25) is 0 Å². The molecular weight excluding hydrogens is 258 g/mol. The van der Waals surface area contributed by atoms with Crippen molar-refractivity contribution >= 4 is 11.7 Å². The van der Waals surface area contributed by atoms with Crippen LogP contribution >= 0.6 is 0 Å². The fourth-order valence-corrected chi connectivity index (χ4v) is 1.55. The Morgan fingerprint density at radius 2 is 2.20 bits per heavy atom. The number of phenolic OH excluding ortho intramolecular Hbond substituents is 1. The third-order valence-corrected chi connectivity index (χ3v) is 2.58. The number of nitrogens with zero attached hydrogens (tertiary/aromatic N) is 2. The number of ether oxygens (including phenoxy) is 1. The van der Waals surface area contributed by atoms with E-state index in [9.17, 15) is 9.90 Å². The van der Waals surface area contributed by atoms with Crippen LogP contribution in [0.4, 0.5) is 5.82 Å². The zero-order chi connectivity index (χ0) is 14.5. The lowest BCUT2D eigenvalue weighted by atomic mass is 10.2. The van der Waals surface area contributed by atoms with Gasteiger partial charge in [-0.2, -0.15) is 5.26 Å². The number of methoxy groups -OCH3 is 1. The lowest BCUT2D eigenvalue weighted by molar-refractivity contribution is 0.102. The molecule has 1 aromatic heterocycles. The molecule has 6 nitrogen and oxygen atoms in total. The molecule has 0 saturated heterocycles. The van der Waals surface area contributed by atoms with Gasteiger partial charge in [0.1, 0.15) is 11.9 Å². The average molecular weight is 269 g/mol. The molecule has 1 aromatic carbocycles. The molecule has 0 atom stereocenters. The minimum atomic E-state index is -0.417. The third-order valence-electron chi connectivity index (χ3n) is 2.58. The number of rotatable bonds is 3. The van der Waals surface area contributed by atoms with Crippen LogP contribution in [0.25, 0.3) is 0 Å². The Morgan fingerprint density at radius 3 is 2.75 bits per heavy atom. The Morgan fingerprint density at radius 1 is 1.40 bits per heavy atom. The van der Waals surface area contributed by atoms with Crippen molar-refractivity contribution in [2.45, 2.75) is 0 Å². The lowest BCUT2D eigenvalue weighted by Crippen LogP contribution is -2.12. The summed E-state index contributed by atoms with van der Waals surface area (Å²) in [5, 5.41) is 20.8. The van der Waals surface area contributed by atoms with Crippen molar-refractivity contribution in [2.75, 3.05) is 12.4 Å². The van der Waals surface area contributed by atoms with Crippen LogP contribution in [-0.4, -0.2) is 23.1 Å². The molecule has 1 amide bonds. The normalized spacial score (nSPS) is 9.60. The van der Waals surface area contributed by atoms with E-state index in [1.54, 1.807) is 6.07 Å². The number of hydrogen-bond donors (Lipinski definition) is 2. The molecule has 0 bridgehead atoms. The van der Waals surface area contributed by atoms with Gasteiger partial charge in [-0.1, -0.05) is 0 Å². The van der Waals surface area contributed by atoms with E-state index >= 15 is 0 Å². The van der Waals surface area contributed by atoms with E-state index in [1.807, 2.05) is 6.07 Å². The van der Waals surface area contributed by atoms with Crippen molar-refractivity contribution < 1.29 is 14.6 Å². The van der Waals surface area contributed by atoms with Gasteiger partial charge >= 0.3 is 0 Å². The first-order chi connectivity index (χ1) is 9.63. The van der Waals surface area contributed by atoms with Crippen LogP contribution in [0.3, 0.4) is 0 Å². The Hall–Kier alpha value is -3.07. The van der Waals surface area contributed by atoms with Gasteiger partial charge in [0.25, 0.3) is 5.91 Å². The van der Waals surface area contributed by atoms with Gasteiger partial charge < -0.3 is 15.2 Å². The van der Waals surface area contributed by atoms with Gasteiger partial charge in [0, 0.05) is 11.8 Å². The van der Waals surface area contributed by atoms with Crippen molar-refractivity contribution in [2.24, 2.45) is 0 Å². The first kappa shape index (κ1) is 13.4. The van der Waals surface area contributed by atoms with Crippen molar-refractivity contribution in [3.63, 3.8) is 0 Å². The number of amides is 1. The summed E-state index contributed by atoms with van der Waals surface area (Å²) >= 11 is 0. The number of benzene rings is 1. The second-order valence-electron chi connectivity index (χ2n) is 3.88. The minimum absolute atomic E-state index is 0.118. The van der Waals surface area contributed by atoms with E-state index in [-0.39, 0.29) is 17.1 Å². The molecular formula is C14H11N3O3. The summed E-state index contributed by atoms with van der Waals surface area (Å²) in [5.74, 6) is 0.0791. The van der Waals surface area contributed by atoms with Crippen LogP contribution in [0.5, 0.6) is 11.5 Å². The zero-order valence-electron chi connectivity index (χ0n) is 10.6. The van der Waals surface area contributed by atoms with Crippen molar-refractivity contribution in [3.8, 4) is 17.6 Å². The molecule has 0 aliphatic rings. The smallest absolute Gasteiger partial charge is 0.256 e. The molecule has 0 aliphatic heterocycles. The maximum atomic E-state index is 12.0. The van der Waals surface area contributed by atoms with Crippen LogP contribution in [-0.2, 0) is 0 Å². The lowest BCUT2D eigenvalue weighted by Gasteiger charge is -2.07. The number of aromatic hydroxyl groups is 1.